The highest BCUT2D eigenvalue weighted by Crippen LogP contribution is 2.33. The van der Waals surface area contributed by atoms with Gasteiger partial charge < -0.3 is 5.32 Å². The van der Waals surface area contributed by atoms with Crippen LogP contribution in [0, 0.1) is 6.92 Å². The van der Waals surface area contributed by atoms with E-state index in [1.54, 1.807) is 11.8 Å². The number of rotatable bonds is 7. The molecule has 5 heteroatoms. The lowest BCUT2D eigenvalue weighted by Gasteiger charge is -2.27. The molecular weight excluding hydrogens is 344 g/mol. The van der Waals surface area contributed by atoms with Gasteiger partial charge in [-0.2, -0.15) is 0 Å². The van der Waals surface area contributed by atoms with Gasteiger partial charge in [0, 0.05) is 17.2 Å². The first-order chi connectivity index (χ1) is 12.6. The fourth-order valence-corrected chi connectivity index (χ4v) is 4.16. The van der Waals surface area contributed by atoms with Crippen LogP contribution in [0.5, 0.6) is 0 Å². The number of carbonyl (C=O) groups excluding carboxylic acids is 2. The van der Waals surface area contributed by atoms with Crippen LogP contribution in [-0.2, 0) is 10.3 Å². The molecular formula is C21H24N2O2S. The Morgan fingerprint density at radius 2 is 1.73 bits per heavy atom. The van der Waals surface area contributed by atoms with E-state index < -0.39 is 5.54 Å². The lowest BCUT2D eigenvalue weighted by Crippen LogP contribution is -2.44. The molecule has 3 amide bonds. The zero-order valence-corrected chi connectivity index (χ0v) is 16.0. The van der Waals surface area contributed by atoms with Crippen LogP contribution in [0.4, 0.5) is 4.79 Å². The number of thioether (sulfide) groups is 1. The second kappa shape index (κ2) is 7.96. The highest BCUT2D eigenvalue weighted by atomic mass is 32.2. The number of hydrogen-bond acceptors (Lipinski definition) is 3. The summed E-state index contributed by atoms with van der Waals surface area (Å²) >= 11 is 1.66. The maximum atomic E-state index is 13.1. The molecule has 1 saturated heterocycles. The van der Waals surface area contributed by atoms with E-state index in [9.17, 15) is 9.59 Å². The maximum absolute atomic E-state index is 13.1. The van der Waals surface area contributed by atoms with Crippen molar-refractivity contribution in [3.63, 3.8) is 0 Å². The van der Waals surface area contributed by atoms with Gasteiger partial charge in [0.05, 0.1) is 0 Å². The highest BCUT2D eigenvalue weighted by Gasteiger charge is 2.51. The van der Waals surface area contributed by atoms with E-state index >= 15 is 0 Å². The highest BCUT2D eigenvalue weighted by molar-refractivity contribution is 7.99. The molecule has 1 N–H and O–H groups in total. The molecule has 0 aliphatic carbocycles. The van der Waals surface area contributed by atoms with Crippen molar-refractivity contribution in [2.75, 3.05) is 12.3 Å². The Labute approximate surface area is 159 Å². The van der Waals surface area contributed by atoms with E-state index in [0.29, 0.717) is 18.7 Å². The SMILES string of the molecule is CCCC1(c2ccccc2)NC(=O)N(CCSc2ccc(C)cc2)C1=O. The van der Waals surface area contributed by atoms with Crippen molar-refractivity contribution in [1.29, 1.82) is 0 Å². The van der Waals surface area contributed by atoms with E-state index in [1.165, 1.54) is 10.5 Å². The van der Waals surface area contributed by atoms with E-state index in [4.69, 9.17) is 0 Å². The lowest BCUT2D eigenvalue weighted by atomic mass is 9.85. The zero-order chi connectivity index (χ0) is 18.6. The summed E-state index contributed by atoms with van der Waals surface area (Å²) in [6.07, 6.45) is 1.41. The van der Waals surface area contributed by atoms with E-state index in [-0.39, 0.29) is 11.9 Å². The van der Waals surface area contributed by atoms with Crippen LogP contribution in [0.2, 0.25) is 0 Å². The summed E-state index contributed by atoms with van der Waals surface area (Å²) in [4.78, 5) is 28.2. The van der Waals surface area contributed by atoms with E-state index in [0.717, 1.165) is 16.9 Å². The molecule has 1 fully saturated rings. The Kier molecular flexibility index (Phi) is 5.67. The van der Waals surface area contributed by atoms with Gasteiger partial charge in [0.2, 0.25) is 0 Å². The van der Waals surface area contributed by atoms with Crippen molar-refractivity contribution in [3.8, 4) is 0 Å². The third kappa shape index (κ3) is 3.63. The van der Waals surface area contributed by atoms with Crippen LogP contribution in [-0.4, -0.2) is 29.1 Å². The summed E-state index contributed by atoms with van der Waals surface area (Å²) < 4.78 is 0. The quantitative estimate of drug-likeness (QED) is 0.584. The van der Waals surface area contributed by atoms with Crippen LogP contribution in [0.25, 0.3) is 0 Å². The number of hydrogen-bond donors (Lipinski definition) is 1. The second-order valence-corrected chi connectivity index (χ2v) is 7.74. The van der Waals surface area contributed by atoms with E-state index in [2.05, 4.69) is 36.5 Å². The van der Waals surface area contributed by atoms with Crippen molar-refractivity contribution in [3.05, 3.63) is 65.7 Å². The van der Waals surface area contributed by atoms with Gasteiger partial charge >= 0.3 is 6.03 Å². The van der Waals surface area contributed by atoms with Gasteiger partial charge in [-0.1, -0.05) is 61.4 Å². The Morgan fingerprint density at radius 3 is 2.38 bits per heavy atom. The van der Waals surface area contributed by atoms with Crippen LogP contribution in [0.3, 0.4) is 0 Å². The van der Waals surface area contributed by atoms with Crippen molar-refractivity contribution < 1.29 is 9.59 Å². The Morgan fingerprint density at radius 1 is 1.04 bits per heavy atom. The fourth-order valence-electron chi connectivity index (χ4n) is 3.33. The summed E-state index contributed by atoms with van der Waals surface area (Å²) in [6.45, 7) is 4.49. The number of urea groups is 1. The molecule has 2 aromatic carbocycles. The van der Waals surface area contributed by atoms with Gasteiger partial charge in [-0.3, -0.25) is 9.69 Å². The number of benzene rings is 2. The van der Waals surface area contributed by atoms with Crippen LogP contribution in [0.15, 0.2) is 59.5 Å². The van der Waals surface area contributed by atoms with Crippen molar-refractivity contribution in [1.82, 2.24) is 10.2 Å². The first-order valence-electron chi connectivity index (χ1n) is 8.96. The summed E-state index contributed by atoms with van der Waals surface area (Å²) in [5, 5.41) is 2.97. The monoisotopic (exact) mass is 368 g/mol. The smallest absolute Gasteiger partial charge is 0.319 e. The van der Waals surface area contributed by atoms with Gasteiger partial charge in [0.15, 0.2) is 0 Å². The molecule has 2 aromatic rings. The number of carbonyl (C=O) groups is 2. The van der Waals surface area contributed by atoms with Crippen LogP contribution < -0.4 is 5.32 Å². The topological polar surface area (TPSA) is 49.4 Å². The minimum absolute atomic E-state index is 0.139. The summed E-state index contributed by atoms with van der Waals surface area (Å²) in [5.41, 5.74) is 1.14. The zero-order valence-electron chi connectivity index (χ0n) is 15.2. The summed E-state index contributed by atoms with van der Waals surface area (Å²) in [6, 6.07) is 17.5. The normalized spacial score (nSPS) is 19.7. The standard InChI is InChI=1S/C21H24N2O2S/c1-3-13-21(17-7-5-4-6-8-17)19(24)23(20(25)22-21)14-15-26-18-11-9-16(2)10-12-18/h4-12H,3,13-15H2,1-2H3,(H,22,25). The predicted octanol–water partition coefficient (Wildman–Crippen LogP) is 4.33. The minimum Gasteiger partial charge on any atom is -0.319 e. The molecule has 0 saturated carbocycles. The fraction of sp³-hybridized carbons (Fsp3) is 0.333. The maximum Gasteiger partial charge on any atom is 0.325 e. The largest absolute Gasteiger partial charge is 0.325 e. The first kappa shape index (κ1) is 18.5. The molecule has 1 atom stereocenters. The number of imide groups is 1. The van der Waals surface area contributed by atoms with Crippen LogP contribution >= 0.6 is 11.8 Å². The molecule has 0 spiro atoms. The lowest BCUT2D eigenvalue weighted by molar-refractivity contribution is -0.131. The summed E-state index contributed by atoms with van der Waals surface area (Å²) in [5.74, 6) is 0.541. The molecule has 1 aliphatic heterocycles. The van der Waals surface area contributed by atoms with Gasteiger partial charge in [-0.05, 0) is 31.0 Å². The minimum atomic E-state index is -0.929. The Bertz CT molecular complexity index is 776. The predicted molar refractivity (Wildman–Crippen MR) is 105 cm³/mol. The number of nitrogens with zero attached hydrogens (tertiary/aromatic N) is 1. The number of aryl methyl sites for hydroxylation is 1. The van der Waals surface area contributed by atoms with E-state index in [1.807, 2.05) is 37.3 Å². The molecule has 0 radical (unpaired) electrons. The number of amides is 3. The van der Waals surface area contributed by atoms with Gasteiger partial charge in [-0.15, -0.1) is 11.8 Å². The molecule has 1 unspecified atom stereocenters. The summed E-state index contributed by atoms with van der Waals surface area (Å²) in [7, 11) is 0. The molecule has 0 aromatic heterocycles. The third-order valence-electron chi connectivity index (χ3n) is 4.67. The Balaban J connectivity index is 1.72. The second-order valence-electron chi connectivity index (χ2n) is 6.57. The molecule has 4 nitrogen and oxygen atoms in total. The molecule has 3 rings (SSSR count). The van der Waals surface area contributed by atoms with Gasteiger partial charge in [0.25, 0.3) is 5.91 Å². The van der Waals surface area contributed by atoms with Crippen molar-refractivity contribution in [2.24, 2.45) is 0 Å². The molecule has 1 heterocycles. The molecule has 1 aliphatic rings. The van der Waals surface area contributed by atoms with Crippen molar-refractivity contribution in [2.45, 2.75) is 37.1 Å². The van der Waals surface area contributed by atoms with Gasteiger partial charge in [0.1, 0.15) is 5.54 Å². The number of nitrogens with one attached hydrogen (secondary N) is 1. The molecule has 0 bridgehead atoms. The Hall–Kier alpha value is -2.27. The van der Waals surface area contributed by atoms with Crippen LogP contribution in [0.1, 0.15) is 30.9 Å². The average molecular weight is 369 g/mol. The molecule has 26 heavy (non-hydrogen) atoms. The molecule has 136 valence electrons. The average Bonchev–Trinajstić information content (AvgIpc) is 2.89. The van der Waals surface area contributed by atoms with Gasteiger partial charge in [-0.25, -0.2) is 4.79 Å². The first-order valence-corrected chi connectivity index (χ1v) is 9.94. The third-order valence-corrected chi connectivity index (χ3v) is 5.66. The van der Waals surface area contributed by atoms with Crippen molar-refractivity contribution >= 4 is 23.7 Å².